The van der Waals surface area contributed by atoms with Gasteiger partial charge in [0.25, 0.3) is 10.0 Å². The molecule has 0 aliphatic heterocycles. The van der Waals surface area contributed by atoms with Crippen LogP contribution in [-0.2, 0) is 10.0 Å². The Bertz CT molecular complexity index is 1300. The summed E-state index contributed by atoms with van der Waals surface area (Å²) < 4.78 is 28.9. The van der Waals surface area contributed by atoms with Crippen LogP contribution in [0.25, 0.3) is 10.9 Å². The van der Waals surface area contributed by atoms with E-state index in [-0.39, 0.29) is 27.9 Å². The fourth-order valence-corrected chi connectivity index (χ4v) is 7.04. The molecule has 1 aromatic heterocycles. The molecule has 2 atom stereocenters. The molecule has 29 heavy (non-hydrogen) atoms. The Morgan fingerprint density at radius 3 is 2.38 bits per heavy atom. The van der Waals surface area contributed by atoms with Crippen molar-refractivity contribution in [1.82, 2.24) is 3.97 Å². The average molecular weight is 406 g/mol. The fourth-order valence-electron chi connectivity index (χ4n) is 5.44. The molecule has 0 radical (unpaired) electrons. The number of hydrogen-bond donors (Lipinski definition) is 0. The van der Waals surface area contributed by atoms with Gasteiger partial charge in [-0.2, -0.15) is 0 Å². The molecule has 148 valence electrons. The Kier molecular flexibility index (Phi) is 3.75. The summed E-state index contributed by atoms with van der Waals surface area (Å²) in [4.78, 5) is 13.8. The largest absolute Gasteiger partial charge is 0.294 e. The van der Waals surface area contributed by atoms with Crippen molar-refractivity contribution in [3.63, 3.8) is 0 Å². The topological polar surface area (TPSA) is 56.1 Å². The van der Waals surface area contributed by atoms with Gasteiger partial charge in [-0.3, -0.25) is 4.79 Å². The maximum atomic E-state index is 13.7. The molecular weight excluding hydrogens is 382 g/mol. The van der Waals surface area contributed by atoms with E-state index < -0.39 is 10.0 Å². The Hall–Kier alpha value is -2.66. The fraction of sp³-hybridized carbons (Fsp3) is 0.292. The molecule has 0 saturated heterocycles. The number of nitrogens with zero attached hydrogens (tertiary/aromatic N) is 1. The van der Waals surface area contributed by atoms with E-state index in [1.807, 2.05) is 18.2 Å². The predicted molar refractivity (Wildman–Crippen MR) is 114 cm³/mol. The summed E-state index contributed by atoms with van der Waals surface area (Å²) in [6.07, 6.45) is 2.95. The zero-order valence-corrected chi connectivity index (χ0v) is 17.5. The molecule has 5 heteroatoms. The number of para-hydroxylation sites is 1. The first-order valence-corrected chi connectivity index (χ1v) is 11.3. The third-order valence-corrected chi connectivity index (χ3v) is 8.13. The molecule has 0 fully saturated rings. The van der Waals surface area contributed by atoms with Gasteiger partial charge in [0.1, 0.15) is 0 Å². The van der Waals surface area contributed by atoms with Crippen LogP contribution in [-0.4, -0.2) is 18.2 Å². The summed E-state index contributed by atoms with van der Waals surface area (Å²) in [5, 5.41) is 0.725. The van der Waals surface area contributed by atoms with E-state index in [0.29, 0.717) is 16.8 Å². The van der Waals surface area contributed by atoms with Crippen molar-refractivity contribution in [3.05, 3.63) is 77.5 Å². The second kappa shape index (κ2) is 5.92. The van der Waals surface area contributed by atoms with E-state index in [1.54, 1.807) is 36.4 Å². The summed E-state index contributed by atoms with van der Waals surface area (Å²) in [6, 6.07) is 15.8. The zero-order chi connectivity index (χ0) is 20.6. The number of ketones is 1. The van der Waals surface area contributed by atoms with Gasteiger partial charge in [0.05, 0.1) is 16.1 Å². The van der Waals surface area contributed by atoms with Gasteiger partial charge < -0.3 is 0 Å². The number of rotatable bonds is 2. The van der Waals surface area contributed by atoms with Crippen molar-refractivity contribution in [3.8, 4) is 0 Å². The second-order valence-electron chi connectivity index (χ2n) is 8.91. The Labute approximate surface area is 170 Å². The number of fused-ring (bicyclic) bond motifs is 5. The molecular formula is C24H23NO3S. The lowest BCUT2D eigenvalue weighted by Gasteiger charge is -2.38. The summed E-state index contributed by atoms with van der Waals surface area (Å²) in [7, 11) is -3.84. The summed E-state index contributed by atoms with van der Waals surface area (Å²) >= 11 is 0. The number of aromatic nitrogens is 1. The summed E-state index contributed by atoms with van der Waals surface area (Å²) in [6.45, 7) is 6.30. The summed E-state index contributed by atoms with van der Waals surface area (Å²) in [5.74, 6) is -0.401. The molecule has 0 N–H and O–H groups in total. The lowest BCUT2D eigenvalue weighted by molar-refractivity contribution is 0.0791. The van der Waals surface area contributed by atoms with Crippen molar-refractivity contribution in [2.24, 2.45) is 11.3 Å². The van der Waals surface area contributed by atoms with Gasteiger partial charge in [-0.15, -0.1) is 0 Å². The van der Waals surface area contributed by atoms with Crippen LogP contribution in [0.4, 0.5) is 0 Å². The van der Waals surface area contributed by atoms with Crippen LogP contribution in [0.3, 0.4) is 0 Å². The van der Waals surface area contributed by atoms with Crippen LogP contribution in [0.5, 0.6) is 0 Å². The molecule has 0 amide bonds. The number of carbonyl (C=O) groups excluding carboxylic acids is 1. The van der Waals surface area contributed by atoms with Gasteiger partial charge in [0, 0.05) is 22.8 Å². The first-order chi connectivity index (χ1) is 13.7. The quantitative estimate of drug-likeness (QED) is 0.554. The molecule has 2 aromatic carbocycles. The monoisotopic (exact) mass is 405 g/mol. The van der Waals surface area contributed by atoms with E-state index in [9.17, 15) is 13.2 Å². The molecule has 2 aliphatic carbocycles. The molecule has 2 aliphatic rings. The molecule has 5 rings (SSSR count). The third kappa shape index (κ3) is 2.43. The van der Waals surface area contributed by atoms with E-state index in [2.05, 4.69) is 26.8 Å². The van der Waals surface area contributed by atoms with Gasteiger partial charge >= 0.3 is 0 Å². The van der Waals surface area contributed by atoms with Crippen molar-refractivity contribution in [2.75, 3.05) is 0 Å². The maximum Gasteiger partial charge on any atom is 0.268 e. The lowest BCUT2D eigenvalue weighted by Crippen LogP contribution is -2.35. The second-order valence-corrected chi connectivity index (χ2v) is 10.7. The average Bonchev–Trinajstić information content (AvgIpc) is 3.16. The third-order valence-electron chi connectivity index (χ3n) is 6.39. The minimum absolute atomic E-state index is 0.0666. The number of carbonyl (C=O) groups is 1. The van der Waals surface area contributed by atoms with E-state index >= 15 is 0 Å². The molecule has 1 heterocycles. The number of hydrogen-bond acceptors (Lipinski definition) is 3. The van der Waals surface area contributed by atoms with Crippen molar-refractivity contribution in [2.45, 2.75) is 38.0 Å². The highest BCUT2D eigenvalue weighted by Gasteiger charge is 2.52. The molecule has 0 saturated carbocycles. The lowest BCUT2D eigenvalue weighted by atomic mass is 9.65. The van der Waals surface area contributed by atoms with Gasteiger partial charge in [-0.25, -0.2) is 12.4 Å². The highest BCUT2D eigenvalue weighted by atomic mass is 32.2. The first-order valence-electron chi connectivity index (χ1n) is 9.89. The van der Waals surface area contributed by atoms with Gasteiger partial charge in [-0.1, -0.05) is 61.9 Å². The SMILES string of the molecule is CC1=C[C@@H]2c3c(c4ccccc4n3S(=O)(=O)c3ccccc3)C(=O)[C@@H]2C(C)(C)C1. The minimum atomic E-state index is -3.84. The first kappa shape index (κ1) is 18.4. The maximum absolute atomic E-state index is 13.7. The Morgan fingerprint density at radius 1 is 1.00 bits per heavy atom. The smallest absolute Gasteiger partial charge is 0.268 e. The van der Waals surface area contributed by atoms with Crippen LogP contribution >= 0.6 is 0 Å². The van der Waals surface area contributed by atoms with Crippen molar-refractivity contribution < 1.29 is 13.2 Å². The molecule has 3 aromatic rings. The minimum Gasteiger partial charge on any atom is -0.294 e. The number of Topliss-reactive ketones (excluding diaryl/α,β-unsaturated/α-hetero) is 1. The van der Waals surface area contributed by atoms with E-state index in [4.69, 9.17) is 0 Å². The number of allylic oxidation sites excluding steroid dienone is 2. The standard InChI is InChI=1S/C24H23NO3S/c1-15-13-18-21(24(2,3)14-15)23(26)20-17-11-7-8-12-19(17)25(22(18)20)29(27,28)16-9-5-4-6-10-16/h4-13,18,21H,14H2,1-3H3/t18-,21+/m0/s1. The van der Waals surface area contributed by atoms with E-state index in [0.717, 1.165) is 11.8 Å². The molecule has 0 spiro atoms. The predicted octanol–water partition coefficient (Wildman–Crippen LogP) is 5.15. The van der Waals surface area contributed by atoms with E-state index in [1.165, 1.54) is 9.55 Å². The molecule has 0 unspecified atom stereocenters. The van der Waals surface area contributed by atoms with Crippen molar-refractivity contribution in [1.29, 1.82) is 0 Å². The number of benzene rings is 2. The molecule has 0 bridgehead atoms. The highest BCUT2D eigenvalue weighted by Crippen LogP contribution is 2.56. The highest BCUT2D eigenvalue weighted by molar-refractivity contribution is 7.90. The van der Waals surface area contributed by atoms with Crippen LogP contribution in [0.15, 0.2) is 71.1 Å². The van der Waals surface area contributed by atoms with Crippen molar-refractivity contribution >= 4 is 26.7 Å². The zero-order valence-electron chi connectivity index (χ0n) is 16.7. The Balaban J connectivity index is 1.89. The van der Waals surface area contributed by atoms with Gasteiger partial charge in [0.15, 0.2) is 5.78 Å². The summed E-state index contributed by atoms with van der Waals surface area (Å²) in [5.41, 5.74) is 2.75. The molecule has 4 nitrogen and oxygen atoms in total. The van der Waals surface area contributed by atoms with Crippen LogP contribution in [0, 0.1) is 11.3 Å². The normalized spacial score (nSPS) is 23.0. The van der Waals surface area contributed by atoms with Crippen LogP contribution in [0.2, 0.25) is 0 Å². The Morgan fingerprint density at radius 2 is 1.66 bits per heavy atom. The van der Waals surface area contributed by atoms with Crippen LogP contribution < -0.4 is 0 Å². The van der Waals surface area contributed by atoms with Crippen LogP contribution in [0.1, 0.15) is 49.2 Å². The van der Waals surface area contributed by atoms with Gasteiger partial charge in [0.2, 0.25) is 0 Å². The van der Waals surface area contributed by atoms with Gasteiger partial charge in [-0.05, 0) is 37.0 Å².